The standard InChI is InChI=1S/C18H27BO2/c1-14(2)12-16(15-10-8-7-9-11-15)13-19-20-17(3,4)18(5,6)21-19/h7-11,13-14H,12H2,1-6H3/b16-13+. The lowest BCUT2D eigenvalue weighted by Crippen LogP contribution is -2.41. The van der Waals surface area contributed by atoms with Crippen LogP contribution >= 0.6 is 0 Å². The molecule has 0 atom stereocenters. The molecule has 0 unspecified atom stereocenters. The lowest BCUT2D eigenvalue weighted by molar-refractivity contribution is 0.00578. The summed E-state index contributed by atoms with van der Waals surface area (Å²) < 4.78 is 12.2. The normalized spacial score (nSPS) is 21.1. The van der Waals surface area contributed by atoms with Crippen LogP contribution in [-0.2, 0) is 9.31 Å². The van der Waals surface area contributed by atoms with Gasteiger partial charge in [-0.2, -0.15) is 0 Å². The van der Waals surface area contributed by atoms with E-state index in [1.54, 1.807) is 0 Å². The topological polar surface area (TPSA) is 18.5 Å². The molecule has 2 rings (SSSR count). The summed E-state index contributed by atoms with van der Waals surface area (Å²) >= 11 is 0. The van der Waals surface area contributed by atoms with Crippen LogP contribution in [0.15, 0.2) is 36.3 Å². The molecule has 1 aromatic rings. The van der Waals surface area contributed by atoms with Gasteiger partial charge in [-0.05, 0) is 51.2 Å². The molecule has 1 heterocycles. The van der Waals surface area contributed by atoms with E-state index in [1.165, 1.54) is 11.1 Å². The van der Waals surface area contributed by atoms with Gasteiger partial charge >= 0.3 is 7.12 Å². The minimum Gasteiger partial charge on any atom is -0.400 e. The molecular formula is C18H27BO2. The van der Waals surface area contributed by atoms with Gasteiger partial charge < -0.3 is 9.31 Å². The molecule has 0 radical (unpaired) electrons. The Balaban J connectivity index is 2.26. The molecule has 3 heteroatoms. The molecule has 1 aliphatic rings. The van der Waals surface area contributed by atoms with Crippen LogP contribution in [0.3, 0.4) is 0 Å². The van der Waals surface area contributed by atoms with E-state index in [2.05, 4.69) is 71.8 Å². The molecule has 0 spiro atoms. The van der Waals surface area contributed by atoms with Crippen molar-refractivity contribution in [3.05, 3.63) is 41.9 Å². The van der Waals surface area contributed by atoms with Crippen LogP contribution < -0.4 is 0 Å². The third-order valence-corrected chi connectivity index (χ3v) is 4.38. The van der Waals surface area contributed by atoms with Crippen molar-refractivity contribution in [2.75, 3.05) is 0 Å². The smallest absolute Gasteiger partial charge is 0.400 e. The van der Waals surface area contributed by atoms with Crippen LogP contribution in [0, 0.1) is 5.92 Å². The summed E-state index contributed by atoms with van der Waals surface area (Å²) in [5.41, 5.74) is 1.98. The highest BCUT2D eigenvalue weighted by molar-refractivity contribution is 6.53. The quantitative estimate of drug-likeness (QED) is 0.744. The Bertz CT molecular complexity index is 487. The first-order valence-corrected chi connectivity index (χ1v) is 7.83. The Hall–Kier alpha value is -1.06. The van der Waals surface area contributed by atoms with Gasteiger partial charge in [0.05, 0.1) is 11.2 Å². The van der Waals surface area contributed by atoms with E-state index < -0.39 is 0 Å². The maximum absolute atomic E-state index is 6.10. The van der Waals surface area contributed by atoms with Gasteiger partial charge in [-0.15, -0.1) is 0 Å². The molecule has 0 aliphatic carbocycles. The number of hydrogen-bond donors (Lipinski definition) is 0. The average molecular weight is 286 g/mol. The van der Waals surface area contributed by atoms with Crippen LogP contribution in [0.5, 0.6) is 0 Å². The second kappa shape index (κ2) is 5.98. The molecule has 1 fully saturated rings. The van der Waals surface area contributed by atoms with Gasteiger partial charge in [0, 0.05) is 0 Å². The zero-order chi connectivity index (χ0) is 15.7. The Labute approximate surface area is 129 Å². The molecule has 1 aromatic carbocycles. The Morgan fingerprint density at radius 1 is 1.05 bits per heavy atom. The fourth-order valence-corrected chi connectivity index (χ4v) is 2.50. The van der Waals surface area contributed by atoms with Crippen molar-refractivity contribution in [2.45, 2.75) is 59.2 Å². The summed E-state index contributed by atoms with van der Waals surface area (Å²) in [5, 5.41) is 0. The van der Waals surface area contributed by atoms with E-state index >= 15 is 0 Å². The number of benzene rings is 1. The van der Waals surface area contributed by atoms with Gasteiger partial charge in [0.25, 0.3) is 0 Å². The minimum atomic E-state index is -0.284. The largest absolute Gasteiger partial charge is 0.487 e. The Kier molecular flexibility index (Phi) is 4.65. The van der Waals surface area contributed by atoms with Crippen molar-refractivity contribution in [3.63, 3.8) is 0 Å². The van der Waals surface area contributed by atoms with Crippen LogP contribution in [0.1, 0.15) is 53.5 Å². The van der Waals surface area contributed by atoms with Crippen molar-refractivity contribution < 1.29 is 9.31 Å². The van der Waals surface area contributed by atoms with Crippen molar-refractivity contribution in [1.82, 2.24) is 0 Å². The average Bonchev–Trinajstić information content (AvgIpc) is 2.57. The van der Waals surface area contributed by atoms with Crippen molar-refractivity contribution in [1.29, 1.82) is 0 Å². The second-order valence-electron chi connectivity index (χ2n) is 7.28. The lowest BCUT2D eigenvalue weighted by atomic mass is 9.82. The van der Waals surface area contributed by atoms with Crippen LogP contribution in [-0.4, -0.2) is 18.3 Å². The van der Waals surface area contributed by atoms with Crippen LogP contribution in [0.2, 0.25) is 0 Å². The van der Waals surface area contributed by atoms with Crippen LogP contribution in [0.4, 0.5) is 0 Å². The highest BCUT2D eigenvalue weighted by Gasteiger charge is 2.50. The molecule has 0 aromatic heterocycles. The molecule has 0 bridgehead atoms. The second-order valence-corrected chi connectivity index (χ2v) is 7.28. The Morgan fingerprint density at radius 3 is 2.05 bits per heavy atom. The summed E-state index contributed by atoms with van der Waals surface area (Å²) in [4.78, 5) is 0. The number of allylic oxidation sites excluding steroid dienone is 1. The fourth-order valence-electron chi connectivity index (χ4n) is 2.50. The lowest BCUT2D eigenvalue weighted by Gasteiger charge is -2.32. The maximum atomic E-state index is 6.10. The van der Waals surface area contributed by atoms with E-state index in [1.807, 2.05) is 6.07 Å². The molecule has 0 N–H and O–H groups in total. The molecular weight excluding hydrogens is 259 g/mol. The maximum Gasteiger partial charge on any atom is 0.487 e. The van der Waals surface area contributed by atoms with E-state index in [9.17, 15) is 0 Å². The summed E-state index contributed by atoms with van der Waals surface area (Å²) in [6, 6.07) is 10.5. The van der Waals surface area contributed by atoms with Crippen molar-refractivity contribution in [3.8, 4) is 0 Å². The first kappa shape index (κ1) is 16.3. The molecule has 0 amide bonds. The minimum absolute atomic E-state index is 0.274. The zero-order valence-electron chi connectivity index (χ0n) is 14.1. The van der Waals surface area contributed by atoms with Gasteiger partial charge in [0.15, 0.2) is 0 Å². The third kappa shape index (κ3) is 3.78. The third-order valence-electron chi connectivity index (χ3n) is 4.38. The van der Waals surface area contributed by atoms with E-state index in [4.69, 9.17) is 9.31 Å². The van der Waals surface area contributed by atoms with Crippen molar-refractivity contribution in [2.24, 2.45) is 5.92 Å². The molecule has 1 aliphatic heterocycles. The zero-order valence-corrected chi connectivity index (χ0v) is 14.1. The highest BCUT2D eigenvalue weighted by atomic mass is 16.7. The summed E-state index contributed by atoms with van der Waals surface area (Å²) in [5.74, 6) is 2.74. The van der Waals surface area contributed by atoms with E-state index in [0.29, 0.717) is 5.92 Å². The van der Waals surface area contributed by atoms with E-state index in [-0.39, 0.29) is 18.3 Å². The van der Waals surface area contributed by atoms with Gasteiger partial charge in [-0.3, -0.25) is 0 Å². The fraction of sp³-hybridized carbons (Fsp3) is 0.556. The molecule has 114 valence electrons. The highest BCUT2D eigenvalue weighted by Crippen LogP contribution is 2.38. The van der Waals surface area contributed by atoms with Crippen LogP contribution in [0.25, 0.3) is 5.57 Å². The van der Waals surface area contributed by atoms with Crippen molar-refractivity contribution >= 4 is 12.7 Å². The first-order chi connectivity index (χ1) is 9.71. The van der Waals surface area contributed by atoms with Gasteiger partial charge in [0.1, 0.15) is 0 Å². The molecule has 2 nitrogen and oxygen atoms in total. The molecule has 1 saturated heterocycles. The van der Waals surface area contributed by atoms with Gasteiger partial charge in [0.2, 0.25) is 0 Å². The Morgan fingerprint density at radius 2 is 1.57 bits per heavy atom. The van der Waals surface area contributed by atoms with Gasteiger partial charge in [-0.25, -0.2) is 0 Å². The molecule has 0 saturated carbocycles. The number of rotatable bonds is 4. The monoisotopic (exact) mass is 286 g/mol. The first-order valence-electron chi connectivity index (χ1n) is 7.83. The molecule has 21 heavy (non-hydrogen) atoms. The summed E-state index contributed by atoms with van der Waals surface area (Å²) in [6.45, 7) is 12.8. The summed E-state index contributed by atoms with van der Waals surface area (Å²) in [7, 11) is -0.274. The SMILES string of the molecule is CC(C)C/C(=C\B1OC(C)(C)C(C)(C)O1)c1ccccc1. The number of hydrogen-bond acceptors (Lipinski definition) is 2. The summed E-state index contributed by atoms with van der Waals surface area (Å²) in [6.07, 6.45) is 1.02. The van der Waals surface area contributed by atoms with Gasteiger partial charge in [-0.1, -0.05) is 50.2 Å². The predicted molar refractivity (Wildman–Crippen MR) is 90.0 cm³/mol. The predicted octanol–water partition coefficient (Wildman–Crippen LogP) is 4.75. The van der Waals surface area contributed by atoms with E-state index in [0.717, 1.165) is 6.42 Å².